The van der Waals surface area contributed by atoms with Crippen LogP contribution in [0.25, 0.3) is 23.0 Å². The number of nitrogens with zero attached hydrogens (tertiary/aromatic N) is 4. The number of hydrogen-bond acceptors (Lipinski definition) is 8. The highest BCUT2D eigenvalue weighted by Gasteiger charge is 2.33. The molecule has 0 fully saturated rings. The van der Waals surface area contributed by atoms with Gasteiger partial charge in [0.25, 0.3) is 5.56 Å². The van der Waals surface area contributed by atoms with E-state index < -0.39 is 12.0 Å². The Bertz CT molecular complexity index is 2090. The van der Waals surface area contributed by atoms with Crippen molar-refractivity contribution in [3.05, 3.63) is 127 Å². The number of aromatic nitrogens is 3. The molecule has 47 heavy (non-hydrogen) atoms. The van der Waals surface area contributed by atoms with Gasteiger partial charge in [-0.25, -0.2) is 14.5 Å². The van der Waals surface area contributed by atoms with Crippen LogP contribution in [0.1, 0.15) is 50.8 Å². The molecule has 0 aliphatic carbocycles. The highest BCUT2D eigenvalue weighted by Crippen LogP contribution is 2.32. The average Bonchev–Trinajstić information content (AvgIpc) is 3.65. The average molecular weight is 649 g/mol. The first kappa shape index (κ1) is 31.7. The molecular formula is C37H36N4O5S. The maximum Gasteiger partial charge on any atom is 0.338 e. The summed E-state index contributed by atoms with van der Waals surface area (Å²) in [6.45, 7) is 6.53. The summed E-state index contributed by atoms with van der Waals surface area (Å²) in [7, 11) is 1.59. The Kier molecular flexibility index (Phi) is 9.49. The van der Waals surface area contributed by atoms with Gasteiger partial charge in [-0.05, 0) is 80.4 Å². The third-order valence-corrected chi connectivity index (χ3v) is 8.88. The molecule has 9 nitrogen and oxygen atoms in total. The largest absolute Gasteiger partial charge is 0.497 e. The second kappa shape index (κ2) is 14.0. The fraction of sp³-hybridized carbons (Fsp3) is 0.243. The van der Waals surface area contributed by atoms with Gasteiger partial charge in [-0.1, -0.05) is 55.0 Å². The van der Waals surface area contributed by atoms with E-state index in [1.54, 1.807) is 25.5 Å². The maximum absolute atomic E-state index is 14.3. The van der Waals surface area contributed by atoms with Crippen molar-refractivity contribution in [1.29, 1.82) is 0 Å². The smallest absolute Gasteiger partial charge is 0.338 e. The monoisotopic (exact) mass is 648 g/mol. The van der Waals surface area contributed by atoms with Crippen molar-refractivity contribution in [2.24, 2.45) is 4.99 Å². The lowest BCUT2D eigenvalue weighted by Gasteiger charge is -2.24. The van der Waals surface area contributed by atoms with Crippen molar-refractivity contribution in [3.8, 4) is 28.4 Å². The standard InChI is InChI=1S/C37H36N4O5S/c1-5-7-21-46-30-19-13-25(14-20-30)33-27(23-40(39-33)28-11-9-8-10-12-28)22-31-35(42)41-34(26-15-17-29(44-4)18-16-26)32(36(43)45-6-2)24(3)38-37(41)47-31/h8-20,22-23,34H,5-7,21H2,1-4H3/b31-22+. The molecule has 1 aliphatic rings. The number of methoxy groups -OCH3 is 1. The maximum atomic E-state index is 14.3. The Morgan fingerprint density at radius 3 is 2.38 bits per heavy atom. The second-order valence-electron chi connectivity index (χ2n) is 11.0. The van der Waals surface area contributed by atoms with Gasteiger partial charge in [-0.15, -0.1) is 0 Å². The summed E-state index contributed by atoms with van der Waals surface area (Å²) in [6.07, 6.45) is 5.83. The number of carbonyl (C=O) groups excluding carboxylic acids is 1. The van der Waals surface area contributed by atoms with Crippen molar-refractivity contribution in [3.63, 3.8) is 0 Å². The molecule has 0 bridgehead atoms. The number of benzene rings is 3. The number of hydrogen-bond donors (Lipinski definition) is 0. The first-order valence-corrected chi connectivity index (χ1v) is 16.5. The lowest BCUT2D eigenvalue weighted by atomic mass is 9.96. The zero-order chi connectivity index (χ0) is 32.9. The van der Waals surface area contributed by atoms with Gasteiger partial charge in [-0.3, -0.25) is 9.36 Å². The quantitative estimate of drug-likeness (QED) is 0.132. The molecule has 6 rings (SSSR count). The SMILES string of the molecule is CCCCOc1ccc(-c2nn(-c3ccccc3)cc2/C=c2/sc3n(c2=O)C(c2ccc(OC)cc2)C(C(=O)OCC)=C(C)N=3)cc1. The molecule has 5 aromatic rings. The number of esters is 1. The van der Waals surface area contributed by atoms with Gasteiger partial charge in [0.05, 0.1) is 47.9 Å². The predicted octanol–water partition coefficient (Wildman–Crippen LogP) is 5.84. The number of para-hydroxylation sites is 1. The van der Waals surface area contributed by atoms with Gasteiger partial charge in [0.1, 0.15) is 17.2 Å². The minimum Gasteiger partial charge on any atom is -0.497 e. The second-order valence-corrected chi connectivity index (χ2v) is 12.0. The Balaban J connectivity index is 1.49. The van der Waals surface area contributed by atoms with Gasteiger partial charge in [0.15, 0.2) is 4.80 Å². The van der Waals surface area contributed by atoms with E-state index in [9.17, 15) is 9.59 Å². The summed E-state index contributed by atoms with van der Waals surface area (Å²) in [5, 5.41) is 4.95. The highest BCUT2D eigenvalue weighted by atomic mass is 32.1. The van der Waals surface area contributed by atoms with E-state index in [-0.39, 0.29) is 12.2 Å². The molecule has 10 heteroatoms. The van der Waals surface area contributed by atoms with Crippen molar-refractivity contribution in [1.82, 2.24) is 14.3 Å². The van der Waals surface area contributed by atoms with Crippen LogP contribution in [0, 0.1) is 0 Å². The van der Waals surface area contributed by atoms with E-state index in [0.717, 1.165) is 46.7 Å². The van der Waals surface area contributed by atoms with Crippen LogP contribution in [0.3, 0.4) is 0 Å². The van der Waals surface area contributed by atoms with Crippen LogP contribution in [-0.2, 0) is 9.53 Å². The Morgan fingerprint density at radius 1 is 0.979 bits per heavy atom. The molecule has 1 atom stereocenters. The van der Waals surface area contributed by atoms with Gasteiger partial charge in [0, 0.05) is 17.3 Å². The number of carbonyl (C=O) groups is 1. The van der Waals surface area contributed by atoms with E-state index in [1.807, 2.05) is 95.8 Å². The minimum atomic E-state index is -0.717. The summed E-state index contributed by atoms with van der Waals surface area (Å²) in [5.74, 6) is 0.964. The van der Waals surface area contributed by atoms with Gasteiger partial charge >= 0.3 is 5.97 Å². The molecule has 0 saturated carbocycles. The van der Waals surface area contributed by atoms with Crippen molar-refractivity contribution in [2.45, 2.75) is 39.7 Å². The van der Waals surface area contributed by atoms with Crippen LogP contribution in [0.4, 0.5) is 0 Å². The molecule has 1 unspecified atom stereocenters. The van der Waals surface area contributed by atoms with E-state index in [1.165, 1.54) is 11.3 Å². The molecule has 0 amide bonds. The van der Waals surface area contributed by atoms with Crippen molar-refractivity contribution < 1.29 is 19.0 Å². The molecule has 0 N–H and O–H groups in total. The lowest BCUT2D eigenvalue weighted by molar-refractivity contribution is -0.139. The van der Waals surface area contributed by atoms with Crippen LogP contribution in [0.2, 0.25) is 0 Å². The van der Waals surface area contributed by atoms with Gasteiger partial charge in [0.2, 0.25) is 0 Å². The molecule has 0 saturated heterocycles. The first-order chi connectivity index (χ1) is 22.9. The first-order valence-electron chi connectivity index (χ1n) is 15.6. The number of allylic oxidation sites excluding steroid dienone is 1. The molecular weight excluding hydrogens is 612 g/mol. The molecule has 3 heterocycles. The Hall–Kier alpha value is -5.22. The van der Waals surface area contributed by atoms with Gasteiger partial charge < -0.3 is 14.2 Å². The Labute approximate surface area is 276 Å². The van der Waals surface area contributed by atoms with Crippen LogP contribution >= 0.6 is 11.3 Å². The molecule has 2 aromatic heterocycles. The molecule has 1 aliphatic heterocycles. The number of fused-ring (bicyclic) bond motifs is 1. The minimum absolute atomic E-state index is 0.204. The normalized spacial score (nSPS) is 14.5. The summed E-state index contributed by atoms with van der Waals surface area (Å²) in [5.41, 5.74) is 4.58. The van der Waals surface area contributed by atoms with Crippen molar-refractivity contribution in [2.75, 3.05) is 20.3 Å². The lowest BCUT2D eigenvalue weighted by Crippen LogP contribution is -2.39. The number of rotatable bonds is 11. The van der Waals surface area contributed by atoms with E-state index in [2.05, 4.69) is 6.92 Å². The summed E-state index contributed by atoms with van der Waals surface area (Å²) >= 11 is 1.28. The number of ether oxygens (including phenoxy) is 3. The van der Waals surface area contributed by atoms with E-state index in [4.69, 9.17) is 24.3 Å². The molecule has 0 spiro atoms. The van der Waals surface area contributed by atoms with E-state index in [0.29, 0.717) is 33.0 Å². The molecule has 240 valence electrons. The fourth-order valence-electron chi connectivity index (χ4n) is 5.51. The zero-order valence-corrected chi connectivity index (χ0v) is 27.6. The third kappa shape index (κ3) is 6.55. The summed E-state index contributed by atoms with van der Waals surface area (Å²) in [6, 6.07) is 24.3. The Morgan fingerprint density at radius 2 is 1.70 bits per heavy atom. The van der Waals surface area contributed by atoms with Gasteiger partial charge in [-0.2, -0.15) is 5.10 Å². The fourth-order valence-corrected chi connectivity index (χ4v) is 6.55. The topological polar surface area (TPSA) is 96.9 Å². The number of unbranched alkanes of at least 4 members (excludes halogenated alkanes) is 1. The number of thiazole rings is 1. The van der Waals surface area contributed by atoms with Crippen LogP contribution in [0.15, 0.2) is 106 Å². The van der Waals surface area contributed by atoms with Crippen molar-refractivity contribution >= 4 is 23.4 Å². The molecule has 0 radical (unpaired) electrons. The van der Waals surface area contributed by atoms with E-state index >= 15 is 0 Å². The summed E-state index contributed by atoms with van der Waals surface area (Å²) in [4.78, 5) is 32.8. The third-order valence-electron chi connectivity index (χ3n) is 7.89. The summed E-state index contributed by atoms with van der Waals surface area (Å²) < 4.78 is 20.5. The predicted molar refractivity (Wildman–Crippen MR) is 183 cm³/mol. The van der Waals surface area contributed by atoms with Crippen LogP contribution < -0.4 is 24.4 Å². The molecule has 3 aromatic carbocycles. The van der Waals surface area contributed by atoms with Crippen LogP contribution in [-0.4, -0.2) is 40.6 Å². The van der Waals surface area contributed by atoms with Crippen LogP contribution in [0.5, 0.6) is 11.5 Å². The zero-order valence-electron chi connectivity index (χ0n) is 26.8. The highest BCUT2D eigenvalue weighted by molar-refractivity contribution is 7.07.